The lowest BCUT2D eigenvalue weighted by Gasteiger charge is -2.37. The van der Waals surface area contributed by atoms with Crippen molar-refractivity contribution < 1.29 is 24.6 Å². The van der Waals surface area contributed by atoms with Gasteiger partial charge in [-0.25, -0.2) is 0 Å². The molecule has 3 fully saturated rings. The van der Waals surface area contributed by atoms with E-state index in [0.717, 1.165) is 18.8 Å². The van der Waals surface area contributed by atoms with Gasteiger partial charge in [0.15, 0.2) is 0 Å². The van der Waals surface area contributed by atoms with Crippen molar-refractivity contribution in [2.45, 2.75) is 41.1 Å². The molecule has 3 heterocycles. The van der Waals surface area contributed by atoms with Crippen LogP contribution in [-0.4, -0.2) is 86.5 Å². The van der Waals surface area contributed by atoms with Crippen LogP contribution in [0.1, 0.15) is 20.3 Å². The fourth-order valence-electron chi connectivity index (χ4n) is 6.07. The van der Waals surface area contributed by atoms with Crippen molar-refractivity contribution in [2.24, 2.45) is 11.8 Å². The van der Waals surface area contributed by atoms with Crippen LogP contribution in [0.5, 0.6) is 0 Å². The van der Waals surface area contributed by atoms with Crippen molar-refractivity contribution in [3.05, 3.63) is 36.9 Å². The Hall–Kier alpha value is -2.04. The quantitative estimate of drug-likeness (QED) is 0.332. The van der Waals surface area contributed by atoms with E-state index in [-0.39, 0.29) is 41.6 Å². The van der Waals surface area contributed by atoms with Gasteiger partial charge in [-0.1, -0.05) is 22.0 Å². The van der Waals surface area contributed by atoms with E-state index >= 15 is 0 Å². The van der Waals surface area contributed by atoms with Gasteiger partial charge in [-0.05, 0) is 44.5 Å². The molecule has 0 saturated carbocycles. The number of aliphatic hydroxyl groups is 1. The monoisotopic (exact) mass is 565 g/mol. The molecule has 3 aliphatic heterocycles. The summed E-state index contributed by atoms with van der Waals surface area (Å²) in [7, 11) is 0. The molecule has 1 aromatic rings. The lowest BCUT2D eigenvalue weighted by molar-refractivity contribution is -0.148. The molecule has 190 valence electrons. The Labute approximate surface area is 218 Å². The van der Waals surface area contributed by atoms with Crippen molar-refractivity contribution in [3.63, 3.8) is 0 Å². The topological polar surface area (TPSA) is 101 Å². The number of carboxylic acids is 1. The molecule has 6 atom stereocenters. The first-order chi connectivity index (χ1) is 16.7. The Balaban J connectivity index is 1.74. The predicted molar refractivity (Wildman–Crippen MR) is 141 cm³/mol. The molecular weight excluding hydrogens is 534 g/mol. The van der Waals surface area contributed by atoms with Crippen LogP contribution in [0, 0.1) is 11.8 Å². The van der Waals surface area contributed by atoms with Crippen LogP contribution < -0.4 is 9.80 Å². The van der Waals surface area contributed by atoms with Crippen LogP contribution in [0.25, 0.3) is 0 Å². The zero-order valence-corrected chi connectivity index (χ0v) is 22.4. The lowest BCUT2D eigenvalue weighted by atomic mass is 9.71. The molecule has 4 rings (SSSR count). The third-order valence-electron chi connectivity index (χ3n) is 7.52. The minimum Gasteiger partial charge on any atom is -0.481 e. The van der Waals surface area contributed by atoms with Gasteiger partial charge in [0.2, 0.25) is 5.91 Å². The van der Waals surface area contributed by atoms with E-state index in [9.17, 15) is 24.6 Å². The summed E-state index contributed by atoms with van der Waals surface area (Å²) in [6, 6.07) is 6.87. The second-order valence-electron chi connectivity index (χ2n) is 9.18. The highest BCUT2D eigenvalue weighted by molar-refractivity contribution is 9.09. The molecule has 1 aromatic carbocycles. The highest BCUT2D eigenvalue weighted by atomic mass is 79.9. The summed E-state index contributed by atoms with van der Waals surface area (Å²) in [4.78, 5) is 45.1. The Morgan fingerprint density at radius 1 is 1.26 bits per heavy atom. The first-order valence-electron chi connectivity index (χ1n) is 12.0. The number of aliphatic hydroxyl groups excluding tert-OH is 1. The molecule has 1 spiro atoms. The van der Waals surface area contributed by atoms with E-state index in [4.69, 9.17) is 0 Å². The molecule has 8 nitrogen and oxygen atoms in total. The molecule has 2 bridgehead atoms. The lowest BCUT2D eigenvalue weighted by Crippen LogP contribution is -2.56. The number of carbonyl (C=O) groups is 3. The van der Waals surface area contributed by atoms with Gasteiger partial charge in [0, 0.05) is 47.6 Å². The maximum atomic E-state index is 14.2. The highest BCUT2D eigenvalue weighted by Gasteiger charge is 2.76. The summed E-state index contributed by atoms with van der Waals surface area (Å²) in [6.07, 6.45) is 2.16. The molecule has 3 saturated heterocycles. The van der Waals surface area contributed by atoms with Crippen molar-refractivity contribution in [1.82, 2.24) is 4.90 Å². The molecule has 0 aromatic heterocycles. The second-order valence-corrected chi connectivity index (χ2v) is 11.9. The Bertz CT molecular complexity index is 1000. The van der Waals surface area contributed by atoms with E-state index in [0.29, 0.717) is 12.1 Å². The maximum Gasteiger partial charge on any atom is 0.308 e. The average molecular weight is 567 g/mol. The number of hydrogen-bond acceptors (Lipinski definition) is 6. The number of aliphatic carboxylic acids is 1. The van der Waals surface area contributed by atoms with Gasteiger partial charge in [0.1, 0.15) is 6.04 Å². The van der Waals surface area contributed by atoms with Crippen LogP contribution in [0.4, 0.5) is 11.4 Å². The van der Waals surface area contributed by atoms with Gasteiger partial charge in [0.05, 0.1) is 23.2 Å². The van der Waals surface area contributed by atoms with E-state index in [1.54, 1.807) is 11.0 Å². The number of alkyl halides is 1. The summed E-state index contributed by atoms with van der Waals surface area (Å²) < 4.78 is -0.855. The number of thioether (sulfide) groups is 1. The molecule has 35 heavy (non-hydrogen) atoms. The molecule has 0 aliphatic carbocycles. The van der Waals surface area contributed by atoms with E-state index in [2.05, 4.69) is 41.3 Å². The predicted octanol–water partition coefficient (Wildman–Crippen LogP) is 2.59. The number of anilines is 2. The number of hydrogen-bond donors (Lipinski definition) is 2. The van der Waals surface area contributed by atoms with Gasteiger partial charge >= 0.3 is 5.97 Å². The number of likely N-dealkylation sites (tertiary alicyclic amines) is 1. The van der Waals surface area contributed by atoms with Gasteiger partial charge in [0.25, 0.3) is 5.91 Å². The van der Waals surface area contributed by atoms with E-state index < -0.39 is 28.6 Å². The normalized spacial score (nSPS) is 30.9. The van der Waals surface area contributed by atoms with Crippen LogP contribution in [0.2, 0.25) is 0 Å². The van der Waals surface area contributed by atoms with Crippen molar-refractivity contribution >= 4 is 56.9 Å². The van der Waals surface area contributed by atoms with Crippen molar-refractivity contribution in [1.29, 1.82) is 0 Å². The average Bonchev–Trinajstić information content (AvgIpc) is 3.42. The molecule has 2 N–H and O–H groups in total. The number of carboxylic acid groups (broad SMARTS) is 1. The zero-order chi connectivity index (χ0) is 25.5. The number of amides is 2. The molecule has 2 amide bonds. The van der Waals surface area contributed by atoms with Crippen molar-refractivity contribution in [2.75, 3.05) is 42.6 Å². The van der Waals surface area contributed by atoms with Gasteiger partial charge < -0.3 is 24.9 Å². The number of nitrogens with zero attached hydrogens (tertiary/aromatic N) is 3. The van der Waals surface area contributed by atoms with Crippen LogP contribution in [0.3, 0.4) is 0 Å². The minimum absolute atomic E-state index is 0.0131. The molecule has 3 aliphatic rings. The standard InChI is InChI=1S/C25H32BrN3O5S/c1-4-11-28(16-9-7-15(8-10-16)27(5-2)6-3)23(32)21-25-14-17(26)20(35-25)18(24(33)34)19(25)22(31)29(21)12-13-30/h4,7-10,17-21,30H,1,5-6,11-14H2,2-3H3,(H,33,34)/t17?,18-,19-,20-,21?,25?/m0/s1. The van der Waals surface area contributed by atoms with E-state index in [1.165, 1.54) is 16.7 Å². The van der Waals surface area contributed by atoms with Gasteiger partial charge in [-0.15, -0.1) is 18.3 Å². The third kappa shape index (κ3) is 4.07. The number of halogens is 1. The largest absolute Gasteiger partial charge is 0.481 e. The van der Waals surface area contributed by atoms with Crippen molar-refractivity contribution in [3.8, 4) is 0 Å². The van der Waals surface area contributed by atoms with E-state index in [1.807, 2.05) is 24.3 Å². The summed E-state index contributed by atoms with van der Waals surface area (Å²) in [5.41, 5.74) is 1.74. The first-order valence-corrected chi connectivity index (χ1v) is 13.8. The smallest absolute Gasteiger partial charge is 0.308 e. The highest BCUT2D eigenvalue weighted by Crippen LogP contribution is 2.67. The maximum absolute atomic E-state index is 14.2. The van der Waals surface area contributed by atoms with Crippen LogP contribution in [-0.2, 0) is 14.4 Å². The number of β-amino-alcohol motifs (C(OH)–C–C–N with tert-alkyl or cyclic N) is 1. The van der Waals surface area contributed by atoms with Crippen LogP contribution in [0.15, 0.2) is 36.9 Å². The third-order valence-corrected chi connectivity index (χ3v) is 10.7. The van der Waals surface area contributed by atoms with Crippen LogP contribution >= 0.6 is 27.7 Å². The minimum atomic E-state index is -1.01. The fourth-order valence-corrected chi connectivity index (χ4v) is 9.67. The molecule has 0 radical (unpaired) electrons. The first kappa shape index (κ1) is 26.0. The fraction of sp³-hybridized carbons (Fsp3) is 0.560. The summed E-state index contributed by atoms with van der Waals surface area (Å²) in [5.74, 6) is -3.30. The van der Waals surface area contributed by atoms with Gasteiger partial charge in [-0.2, -0.15) is 0 Å². The molecule has 3 unspecified atom stereocenters. The summed E-state index contributed by atoms with van der Waals surface area (Å²) >= 11 is 5.08. The zero-order valence-electron chi connectivity index (χ0n) is 20.0. The number of carbonyl (C=O) groups excluding carboxylic acids is 2. The second kappa shape index (κ2) is 10.1. The summed E-state index contributed by atoms with van der Waals surface area (Å²) in [5, 5.41) is 19.4. The Morgan fingerprint density at radius 2 is 1.89 bits per heavy atom. The SMILES string of the molecule is C=CCN(C(=O)C1N(CCO)C(=O)[C@@H]2[C@H](C(=O)O)[C@H]3SC12CC3Br)c1ccc(N(CC)CC)cc1. The Morgan fingerprint density at radius 3 is 2.43 bits per heavy atom. The number of benzene rings is 1. The molecular formula is C25H32BrN3O5S. The molecule has 10 heteroatoms. The Kier molecular flexibility index (Phi) is 7.54. The number of rotatable bonds is 10. The summed E-state index contributed by atoms with van der Waals surface area (Å²) in [6.45, 7) is 9.66. The van der Waals surface area contributed by atoms with Gasteiger partial charge in [-0.3, -0.25) is 14.4 Å². The number of fused-ring (bicyclic) bond motifs is 1.